The van der Waals surface area contributed by atoms with Gasteiger partial charge in [0, 0.05) is 6.42 Å². The first-order valence-corrected chi connectivity index (χ1v) is 6.02. The summed E-state index contributed by atoms with van der Waals surface area (Å²) in [4.78, 5) is 0. The van der Waals surface area contributed by atoms with Crippen LogP contribution in [0.2, 0.25) is 0 Å². The van der Waals surface area contributed by atoms with E-state index in [1.807, 2.05) is 0 Å². The predicted molar refractivity (Wildman–Crippen MR) is 57.4 cm³/mol. The van der Waals surface area contributed by atoms with Crippen LogP contribution in [-0.2, 0) is 0 Å². The number of hydrogen-bond donors (Lipinski definition) is 2. The fraction of sp³-hybridized carbons (Fsp3) is 1.00. The maximum Gasteiger partial charge on any atom is 0.0809 e. The summed E-state index contributed by atoms with van der Waals surface area (Å²) in [6.07, 6.45) is 9.77. The Labute approximate surface area is 108 Å². The minimum Gasteiger partial charge on any atom is -1.00 e. The maximum atomic E-state index is 3.83. The molecule has 5 N–H and O–H groups in total. The monoisotopic (exact) mass is 258 g/mol. The summed E-state index contributed by atoms with van der Waals surface area (Å²) in [5.74, 6) is 0. The molecule has 0 aromatic rings. The third-order valence-electron chi connectivity index (χ3n) is 2.42. The number of nitrogens with two attached hydrogens (primary N) is 1. The molecule has 0 rings (SSSR count). The van der Waals surface area contributed by atoms with Gasteiger partial charge in [-0.15, -0.1) is 0 Å². The number of hydrogen-bond acceptors (Lipinski definition) is 0. The van der Waals surface area contributed by atoms with Gasteiger partial charge in [0.25, 0.3) is 0 Å². The van der Waals surface area contributed by atoms with Crippen molar-refractivity contribution < 1.29 is 35.9 Å². The van der Waals surface area contributed by atoms with E-state index in [-0.39, 0.29) is 24.8 Å². The van der Waals surface area contributed by atoms with Crippen LogP contribution in [0, 0.1) is 0 Å². The first kappa shape index (κ1) is 20.9. The molecular weight excluding hydrogens is 231 g/mol. The van der Waals surface area contributed by atoms with Gasteiger partial charge in [-0.25, -0.2) is 0 Å². The van der Waals surface area contributed by atoms with Crippen molar-refractivity contribution in [1.82, 2.24) is 0 Å². The molecule has 0 spiro atoms. The van der Waals surface area contributed by atoms with Gasteiger partial charge in [0.1, 0.15) is 0 Å². The normalized spacial score (nSPS) is 9.20. The molecule has 15 heavy (non-hydrogen) atoms. The second-order valence-electron chi connectivity index (χ2n) is 3.84. The SMILES string of the molecule is CCCCCCCC[NH2+]CCC[NH3+].[Cl-].[Cl-]. The highest BCUT2D eigenvalue weighted by Gasteiger charge is 1.92. The van der Waals surface area contributed by atoms with Gasteiger partial charge < -0.3 is 35.9 Å². The Morgan fingerprint density at radius 1 is 0.800 bits per heavy atom. The third kappa shape index (κ3) is 20.5. The lowest BCUT2D eigenvalue weighted by atomic mass is 10.1. The van der Waals surface area contributed by atoms with E-state index in [1.165, 1.54) is 58.0 Å². The summed E-state index contributed by atoms with van der Waals surface area (Å²) in [6.45, 7) is 5.96. The van der Waals surface area contributed by atoms with Crippen molar-refractivity contribution in [3.05, 3.63) is 0 Å². The predicted octanol–water partition coefficient (Wildman–Crippen LogP) is -5.45. The van der Waals surface area contributed by atoms with Crippen LogP contribution in [0.5, 0.6) is 0 Å². The summed E-state index contributed by atoms with van der Waals surface area (Å²) in [5.41, 5.74) is 3.83. The molecule has 0 atom stereocenters. The molecule has 0 saturated carbocycles. The summed E-state index contributed by atoms with van der Waals surface area (Å²) in [6, 6.07) is 0. The van der Waals surface area contributed by atoms with E-state index in [1.54, 1.807) is 0 Å². The van der Waals surface area contributed by atoms with Crippen LogP contribution in [0.1, 0.15) is 51.9 Å². The van der Waals surface area contributed by atoms with Gasteiger partial charge in [-0.05, 0) is 12.8 Å². The fourth-order valence-corrected chi connectivity index (χ4v) is 1.50. The molecule has 2 nitrogen and oxygen atoms in total. The molecule has 0 amide bonds. The van der Waals surface area contributed by atoms with Gasteiger partial charge in [0.2, 0.25) is 0 Å². The van der Waals surface area contributed by atoms with Crippen LogP contribution >= 0.6 is 0 Å². The molecule has 96 valence electrons. The van der Waals surface area contributed by atoms with E-state index < -0.39 is 0 Å². The maximum absolute atomic E-state index is 3.83. The Hall–Kier alpha value is 0.500. The van der Waals surface area contributed by atoms with Crippen molar-refractivity contribution >= 4 is 0 Å². The summed E-state index contributed by atoms with van der Waals surface area (Å²) in [5, 5.41) is 2.44. The minimum absolute atomic E-state index is 0. The Balaban J connectivity index is -0.000000720. The molecule has 0 aliphatic carbocycles. The largest absolute Gasteiger partial charge is 1.00 e. The van der Waals surface area contributed by atoms with Crippen molar-refractivity contribution in [1.29, 1.82) is 0 Å². The first-order valence-electron chi connectivity index (χ1n) is 6.02. The summed E-state index contributed by atoms with van der Waals surface area (Å²) < 4.78 is 0. The van der Waals surface area contributed by atoms with Crippen LogP contribution < -0.4 is 35.9 Å². The molecule has 4 heteroatoms. The lowest BCUT2D eigenvalue weighted by Crippen LogP contribution is -3.00. The molecule has 0 bridgehead atoms. The van der Waals surface area contributed by atoms with Crippen molar-refractivity contribution in [2.45, 2.75) is 51.9 Å². The zero-order chi connectivity index (χ0) is 9.78. The standard InChI is InChI=1S/C11H26N2.2ClH/c1-2-3-4-5-6-7-10-13-11-8-9-12;;/h13H,2-12H2,1H3;2*1H. The van der Waals surface area contributed by atoms with Crippen molar-refractivity contribution in [3.8, 4) is 0 Å². The van der Waals surface area contributed by atoms with Gasteiger partial charge in [-0.1, -0.05) is 32.6 Å². The first-order chi connectivity index (χ1) is 6.41. The van der Waals surface area contributed by atoms with Gasteiger partial charge in [0.05, 0.1) is 19.6 Å². The van der Waals surface area contributed by atoms with Crippen molar-refractivity contribution in [3.63, 3.8) is 0 Å². The highest BCUT2D eigenvalue weighted by molar-refractivity contribution is 4.41. The summed E-state index contributed by atoms with van der Waals surface area (Å²) in [7, 11) is 0. The fourth-order valence-electron chi connectivity index (χ4n) is 1.50. The van der Waals surface area contributed by atoms with E-state index >= 15 is 0 Å². The smallest absolute Gasteiger partial charge is 0.0809 e. The highest BCUT2D eigenvalue weighted by atomic mass is 35.5. The number of halogens is 2. The lowest BCUT2D eigenvalue weighted by molar-refractivity contribution is -0.657. The van der Waals surface area contributed by atoms with Gasteiger partial charge >= 0.3 is 0 Å². The lowest BCUT2D eigenvalue weighted by Gasteiger charge is -2.00. The van der Waals surface area contributed by atoms with Gasteiger partial charge in [-0.3, -0.25) is 0 Å². The molecule has 0 aliphatic heterocycles. The Kier molecular flexibility index (Phi) is 27.8. The van der Waals surface area contributed by atoms with Crippen LogP contribution in [0.25, 0.3) is 0 Å². The van der Waals surface area contributed by atoms with Crippen LogP contribution in [-0.4, -0.2) is 19.6 Å². The number of rotatable bonds is 10. The van der Waals surface area contributed by atoms with E-state index in [2.05, 4.69) is 18.0 Å². The average molecular weight is 259 g/mol. The van der Waals surface area contributed by atoms with Crippen LogP contribution in [0.15, 0.2) is 0 Å². The topological polar surface area (TPSA) is 44.2 Å². The Bertz CT molecular complexity index is 82.7. The molecule has 0 unspecified atom stereocenters. The van der Waals surface area contributed by atoms with E-state index in [0.717, 1.165) is 6.54 Å². The highest BCUT2D eigenvalue weighted by Crippen LogP contribution is 2.03. The zero-order valence-corrected chi connectivity index (χ0v) is 11.6. The molecule has 0 radical (unpaired) electrons. The number of unbranched alkanes of at least 4 members (excludes halogenated alkanes) is 5. The van der Waals surface area contributed by atoms with Crippen LogP contribution in [0.3, 0.4) is 0 Å². The van der Waals surface area contributed by atoms with E-state index in [0.29, 0.717) is 0 Å². The second kappa shape index (κ2) is 20.0. The molecule has 0 aromatic carbocycles. The van der Waals surface area contributed by atoms with E-state index in [4.69, 9.17) is 0 Å². The second-order valence-corrected chi connectivity index (χ2v) is 3.84. The molecule has 0 heterocycles. The average Bonchev–Trinajstić information content (AvgIpc) is 2.16. The van der Waals surface area contributed by atoms with Gasteiger partial charge in [-0.2, -0.15) is 0 Å². The zero-order valence-electron chi connectivity index (χ0n) is 10.1. The van der Waals surface area contributed by atoms with E-state index in [9.17, 15) is 0 Å². The van der Waals surface area contributed by atoms with Crippen molar-refractivity contribution in [2.75, 3.05) is 19.6 Å². The molecule has 0 fully saturated rings. The van der Waals surface area contributed by atoms with Crippen molar-refractivity contribution in [2.24, 2.45) is 0 Å². The Morgan fingerprint density at radius 3 is 1.93 bits per heavy atom. The molecule has 0 saturated heterocycles. The quantitative estimate of drug-likeness (QED) is 0.368. The molecule has 0 aromatic heterocycles. The van der Waals surface area contributed by atoms with Gasteiger partial charge in [0.15, 0.2) is 0 Å². The van der Waals surface area contributed by atoms with Crippen LogP contribution in [0.4, 0.5) is 0 Å². The summed E-state index contributed by atoms with van der Waals surface area (Å²) >= 11 is 0. The molecule has 0 aliphatic rings. The number of quaternary nitrogens is 2. The minimum atomic E-state index is 0. The third-order valence-corrected chi connectivity index (χ3v) is 2.42. The Morgan fingerprint density at radius 2 is 1.33 bits per heavy atom. The molecular formula is C11H28Cl2N2.